The Morgan fingerprint density at radius 1 is 1.14 bits per heavy atom. The number of hydrogen-bond acceptors (Lipinski definition) is 3. The van der Waals surface area contributed by atoms with Crippen LogP contribution in [0, 0.1) is 0 Å². The molecule has 2 aromatic rings. The summed E-state index contributed by atoms with van der Waals surface area (Å²) in [5.74, 6) is 0. The predicted octanol–water partition coefficient (Wildman–Crippen LogP) is 1.34. The first-order valence-corrected chi connectivity index (χ1v) is 8.28. The minimum atomic E-state index is -3.40. The van der Waals surface area contributed by atoms with Crippen LogP contribution in [0.5, 0.6) is 0 Å². The normalized spacial score (nSPS) is 21.4. The highest BCUT2D eigenvalue weighted by Gasteiger charge is 2.35. The van der Waals surface area contributed by atoms with Crippen molar-refractivity contribution >= 4 is 10.2 Å². The highest BCUT2D eigenvalue weighted by atomic mass is 32.2. The molecule has 0 bridgehead atoms. The molecule has 1 saturated heterocycles. The minimum absolute atomic E-state index is 0.0888. The average molecular weight is 303 g/mol. The van der Waals surface area contributed by atoms with Crippen molar-refractivity contribution in [2.45, 2.75) is 19.0 Å². The van der Waals surface area contributed by atoms with Gasteiger partial charge in [-0.05, 0) is 23.6 Å². The van der Waals surface area contributed by atoms with E-state index in [4.69, 9.17) is 0 Å². The van der Waals surface area contributed by atoms with Crippen LogP contribution in [0.4, 0.5) is 0 Å². The lowest BCUT2D eigenvalue weighted by atomic mass is 10.1. The Balaban J connectivity index is 1.69. The molecule has 110 valence electrons. The quantitative estimate of drug-likeness (QED) is 0.927. The van der Waals surface area contributed by atoms with Gasteiger partial charge in [0, 0.05) is 31.5 Å². The summed E-state index contributed by atoms with van der Waals surface area (Å²) in [5, 5.41) is 0. The molecule has 0 spiro atoms. The van der Waals surface area contributed by atoms with E-state index < -0.39 is 10.2 Å². The van der Waals surface area contributed by atoms with Crippen molar-refractivity contribution in [2.75, 3.05) is 6.54 Å². The lowest BCUT2D eigenvalue weighted by Crippen LogP contribution is -2.30. The summed E-state index contributed by atoms with van der Waals surface area (Å²) in [6.45, 7) is 0.834. The highest BCUT2D eigenvalue weighted by molar-refractivity contribution is 7.87. The van der Waals surface area contributed by atoms with E-state index in [1.54, 1.807) is 12.4 Å². The van der Waals surface area contributed by atoms with Gasteiger partial charge in [-0.3, -0.25) is 4.98 Å². The van der Waals surface area contributed by atoms with Gasteiger partial charge in [0.15, 0.2) is 0 Å². The van der Waals surface area contributed by atoms with Crippen LogP contribution in [0.15, 0.2) is 54.9 Å². The van der Waals surface area contributed by atoms with E-state index in [1.165, 1.54) is 4.31 Å². The molecule has 0 unspecified atom stereocenters. The molecule has 21 heavy (non-hydrogen) atoms. The summed E-state index contributed by atoms with van der Waals surface area (Å²) >= 11 is 0. The van der Waals surface area contributed by atoms with Gasteiger partial charge >= 0.3 is 0 Å². The summed E-state index contributed by atoms with van der Waals surface area (Å²) in [7, 11) is -3.40. The molecule has 0 saturated carbocycles. The number of rotatable bonds is 4. The third-order valence-corrected chi connectivity index (χ3v) is 5.08. The van der Waals surface area contributed by atoms with Gasteiger partial charge in [-0.15, -0.1) is 0 Å². The van der Waals surface area contributed by atoms with E-state index in [-0.39, 0.29) is 6.04 Å². The lowest BCUT2D eigenvalue weighted by molar-refractivity contribution is 0.421. The number of nitrogens with zero attached hydrogens (tertiary/aromatic N) is 2. The standard InChI is InChI=1S/C15H17N3O2S/c19-21(20)17-15(9-13-5-2-1-3-6-13)12-18(21)11-14-7-4-8-16-10-14/h1-8,10,15,17H,9,11-12H2/t15-/m0/s1. The first-order valence-electron chi connectivity index (χ1n) is 6.84. The maximum absolute atomic E-state index is 12.2. The topological polar surface area (TPSA) is 62.3 Å². The van der Waals surface area contributed by atoms with Crippen LogP contribution in [-0.4, -0.2) is 30.3 Å². The Bertz CT molecular complexity index is 689. The van der Waals surface area contributed by atoms with Gasteiger partial charge in [0.1, 0.15) is 0 Å². The van der Waals surface area contributed by atoms with E-state index >= 15 is 0 Å². The van der Waals surface area contributed by atoms with Crippen molar-refractivity contribution in [3.05, 3.63) is 66.0 Å². The van der Waals surface area contributed by atoms with Crippen LogP contribution in [0.1, 0.15) is 11.1 Å². The molecule has 1 aliphatic heterocycles. The van der Waals surface area contributed by atoms with Crippen molar-refractivity contribution in [3.63, 3.8) is 0 Å². The summed E-state index contributed by atoms with van der Waals surface area (Å²) in [6, 6.07) is 13.5. The SMILES string of the molecule is O=S1(=O)N[C@@H](Cc2ccccc2)CN1Cc1cccnc1. The minimum Gasteiger partial charge on any atom is -0.264 e. The molecule has 2 heterocycles. The molecule has 0 aliphatic carbocycles. The second-order valence-electron chi connectivity index (χ2n) is 5.16. The Morgan fingerprint density at radius 3 is 2.62 bits per heavy atom. The molecular weight excluding hydrogens is 286 g/mol. The van der Waals surface area contributed by atoms with Crippen LogP contribution < -0.4 is 4.72 Å². The molecule has 5 nitrogen and oxygen atoms in total. The Labute approximate surface area is 124 Å². The smallest absolute Gasteiger partial charge is 0.264 e. The predicted molar refractivity (Wildman–Crippen MR) is 80.6 cm³/mol. The van der Waals surface area contributed by atoms with Gasteiger partial charge in [0.05, 0.1) is 0 Å². The van der Waals surface area contributed by atoms with E-state index in [0.29, 0.717) is 19.5 Å². The van der Waals surface area contributed by atoms with Crippen LogP contribution in [0.25, 0.3) is 0 Å². The van der Waals surface area contributed by atoms with Crippen LogP contribution in [0.3, 0.4) is 0 Å². The van der Waals surface area contributed by atoms with Crippen molar-refractivity contribution in [3.8, 4) is 0 Å². The molecule has 1 aliphatic rings. The number of benzene rings is 1. The second-order valence-corrected chi connectivity index (χ2v) is 6.87. The first kappa shape index (κ1) is 14.2. The van der Waals surface area contributed by atoms with Gasteiger partial charge < -0.3 is 0 Å². The van der Waals surface area contributed by atoms with Gasteiger partial charge in [0.2, 0.25) is 0 Å². The van der Waals surface area contributed by atoms with Gasteiger partial charge in [-0.25, -0.2) is 0 Å². The molecule has 0 amide bonds. The average Bonchev–Trinajstić information content (AvgIpc) is 2.75. The van der Waals surface area contributed by atoms with Crippen LogP contribution in [0.2, 0.25) is 0 Å². The Hall–Kier alpha value is -1.76. The van der Waals surface area contributed by atoms with Crippen molar-refractivity contribution in [1.82, 2.24) is 14.0 Å². The largest absolute Gasteiger partial charge is 0.280 e. The molecule has 1 aromatic carbocycles. The molecule has 1 aromatic heterocycles. The molecule has 1 atom stereocenters. The summed E-state index contributed by atoms with van der Waals surface area (Å²) in [6.07, 6.45) is 4.07. The molecule has 1 fully saturated rings. The zero-order valence-corrected chi connectivity index (χ0v) is 12.3. The zero-order chi connectivity index (χ0) is 14.7. The second kappa shape index (κ2) is 5.93. The highest BCUT2D eigenvalue weighted by Crippen LogP contribution is 2.17. The Kier molecular flexibility index (Phi) is 4.01. The third kappa shape index (κ3) is 3.47. The van der Waals surface area contributed by atoms with Gasteiger partial charge in [-0.1, -0.05) is 36.4 Å². The van der Waals surface area contributed by atoms with Crippen molar-refractivity contribution < 1.29 is 8.42 Å². The number of nitrogens with one attached hydrogen (secondary N) is 1. The first-order chi connectivity index (χ1) is 10.1. The maximum atomic E-state index is 12.2. The van der Waals surface area contributed by atoms with Gasteiger partial charge in [0.25, 0.3) is 10.2 Å². The molecular formula is C15H17N3O2S. The third-order valence-electron chi connectivity index (χ3n) is 3.49. The van der Waals surface area contributed by atoms with Gasteiger partial charge in [-0.2, -0.15) is 17.4 Å². The molecule has 0 radical (unpaired) electrons. The van der Waals surface area contributed by atoms with Crippen molar-refractivity contribution in [2.24, 2.45) is 0 Å². The maximum Gasteiger partial charge on any atom is 0.280 e. The molecule has 3 rings (SSSR count). The lowest BCUT2D eigenvalue weighted by Gasteiger charge is -2.13. The summed E-state index contributed by atoms with van der Waals surface area (Å²) < 4.78 is 28.5. The number of hydrogen-bond donors (Lipinski definition) is 1. The Morgan fingerprint density at radius 2 is 1.90 bits per heavy atom. The molecule has 1 N–H and O–H groups in total. The van der Waals surface area contributed by atoms with E-state index in [2.05, 4.69) is 9.71 Å². The van der Waals surface area contributed by atoms with Crippen molar-refractivity contribution in [1.29, 1.82) is 0 Å². The fourth-order valence-electron chi connectivity index (χ4n) is 2.52. The monoisotopic (exact) mass is 303 g/mol. The van der Waals surface area contributed by atoms with E-state index in [0.717, 1.165) is 11.1 Å². The number of pyridine rings is 1. The fraction of sp³-hybridized carbons (Fsp3) is 0.267. The van der Waals surface area contributed by atoms with E-state index in [1.807, 2.05) is 42.5 Å². The molecule has 6 heteroatoms. The zero-order valence-electron chi connectivity index (χ0n) is 11.5. The summed E-state index contributed by atoms with van der Waals surface area (Å²) in [5.41, 5.74) is 2.02. The fourth-order valence-corrected chi connectivity index (χ4v) is 3.94. The van der Waals surface area contributed by atoms with Crippen LogP contribution >= 0.6 is 0 Å². The van der Waals surface area contributed by atoms with E-state index in [9.17, 15) is 8.42 Å². The van der Waals surface area contributed by atoms with Crippen LogP contribution in [-0.2, 0) is 23.2 Å². The summed E-state index contributed by atoms with van der Waals surface area (Å²) in [4.78, 5) is 4.02. The number of aromatic nitrogens is 1.